The lowest BCUT2D eigenvalue weighted by Crippen LogP contribution is -2.41. The number of hydrogen-bond acceptors (Lipinski definition) is 4. The van der Waals surface area contributed by atoms with Crippen LogP contribution in [0.1, 0.15) is 11.3 Å². The second-order valence-electron chi connectivity index (χ2n) is 4.74. The Labute approximate surface area is 134 Å². The molecule has 0 aliphatic heterocycles. The van der Waals surface area contributed by atoms with Gasteiger partial charge in [0.25, 0.3) is 0 Å². The van der Waals surface area contributed by atoms with Gasteiger partial charge in [-0.2, -0.15) is 0 Å². The zero-order valence-electron chi connectivity index (χ0n) is 12.8. The van der Waals surface area contributed by atoms with E-state index in [1.807, 2.05) is 24.3 Å². The number of methoxy groups -OCH3 is 1. The van der Waals surface area contributed by atoms with Gasteiger partial charge in [0.15, 0.2) is 0 Å². The maximum Gasteiger partial charge on any atom is 0.315 e. The summed E-state index contributed by atoms with van der Waals surface area (Å²) in [6.07, 6.45) is 1.53. The first-order valence-corrected chi connectivity index (χ1v) is 7.11. The molecule has 0 aliphatic carbocycles. The highest BCUT2D eigenvalue weighted by molar-refractivity contribution is 5.83. The Balaban J connectivity index is 1.63. The van der Waals surface area contributed by atoms with E-state index >= 15 is 0 Å². The lowest BCUT2D eigenvalue weighted by atomic mass is 10.2. The smallest absolute Gasteiger partial charge is 0.315 e. The van der Waals surface area contributed by atoms with Crippen LogP contribution in [0.15, 0.2) is 47.1 Å². The third-order valence-corrected chi connectivity index (χ3v) is 3.06. The Morgan fingerprint density at radius 3 is 2.48 bits per heavy atom. The van der Waals surface area contributed by atoms with Crippen molar-refractivity contribution in [3.05, 3.63) is 54.0 Å². The highest BCUT2D eigenvalue weighted by Crippen LogP contribution is 2.10. The summed E-state index contributed by atoms with van der Waals surface area (Å²) in [4.78, 5) is 23.2. The SMILES string of the molecule is COc1ccc(CNC(=O)NCC(=O)NCc2ccco2)cc1. The van der Waals surface area contributed by atoms with Gasteiger partial charge < -0.3 is 25.1 Å². The summed E-state index contributed by atoms with van der Waals surface area (Å²) >= 11 is 0. The molecule has 0 atom stereocenters. The highest BCUT2D eigenvalue weighted by Gasteiger charge is 2.06. The molecule has 0 unspecified atom stereocenters. The molecule has 122 valence electrons. The van der Waals surface area contributed by atoms with Crippen LogP contribution >= 0.6 is 0 Å². The average molecular weight is 317 g/mol. The maximum absolute atomic E-state index is 11.6. The molecule has 1 aromatic carbocycles. The van der Waals surface area contributed by atoms with E-state index < -0.39 is 6.03 Å². The Morgan fingerprint density at radius 2 is 1.83 bits per heavy atom. The van der Waals surface area contributed by atoms with Crippen LogP contribution in [0.3, 0.4) is 0 Å². The minimum Gasteiger partial charge on any atom is -0.497 e. The second kappa shape index (κ2) is 8.47. The molecule has 2 rings (SSSR count). The molecule has 2 aromatic rings. The molecule has 0 radical (unpaired) electrons. The Morgan fingerprint density at radius 1 is 1.04 bits per heavy atom. The average Bonchev–Trinajstić information content (AvgIpc) is 3.10. The highest BCUT2D eigenvalue weighted by atomic mass is 16.5. The van der Waals surface area contributed by atoms with Crippen LogP contribution in [0.2, 0.25) is 0 Å². The minimum absolute atomic E-state index is 0.102. The monoisotopic (exact) mass is 317 g/mol. The predicted octanol–water partition coefficient (Wildman–Crippen LogP) is 1.40. The van der Waals surface area contributed by atoms with Crippen molar-refractivity contribution < 1.29 is 18.7 Å². The molecule has 7 nitrogen and oxygen atoms in total. The van der Waals surface area contributed by atoms with Crippen LogP contribution in [0.25, 0.3) is 0 Å². The number of carbonyl (C=O) groups is 2. The molecule has 0 spiro atoms. The number of furan rings is 1. The fourth-order valence-corrected chi connectivity index (χ4v) is 1.81. The molecule has 0 fully saturated rings. The van der Waals surface area contributed by atoms with Gasteiger partial charge in [0.05, 0.1) is 26.5 Å². The van der Waals surface area contributed by atoms with E-state index in [0.29, 0.717) is 18.8 Å². The number of nitrogens with one attached hydrogen (secondary N) is 3. The molecule has 0 aliphatic rings. The third kappa shape index (κ3) is 5.74. The summed E-state index contributed by atoms with van der Waals surface area (Å²) in [5, 5.41) is 7.80. The van der Waals surface area contributed by atoms with Gasteiger partial charge in [0.1, 0.15) is 11.5 Å². The standard InChI is InChI=1S/C16H19N3O4/c1-22-13-6-4-12(5-7-13)9-18-16(21)19-11-15(20)17-10-14-3-2-8-23-14/h2-8H,9-11H2,1H3,(H,17,20)(H2,18,19,21). The van der Waals surface area contributed by atoms with Crippen molar-refractivity contribution in [3.63, 3.8) is 0 Å². The molecular formula is C16H19N3O4. The van der Waals surface area contributed by atoms with Crippen molar-refractivity contribution in [2.24, 2.45) is 0 Å². The molecular weight excluding hydrogens is 298 g/mol. The van der Waals surface area contributed by atoms with Crippen molar-refractivity contribution in [1.82, 2.24) is 16.0 Å². The van der Waals surface area contributed by atoms with Gasteiger partial charge in [-0.3, -0.25) is 4.79 Å². The largest absolute Gasteiger partial charge is 0.497 e. The number of hydrogen-bond donors (Lipinski definition) is 3. The summed E-state index contributed by atoms with van der Waals surface area (Å²) < 4.78 is 10.1. The summed E-state index contributed by atoms with van der Waals surface area (Å²) in [5.74, 6) is 1.12. The fourth-order valence-electron chi connectivity index (χ4n) is 1.81. The first-order chi connectivity index (χ1) is 11.2. The Kier molecular flexibility index (Phi) is 6.05. The number of carbonyl (C=O) groups excluding carboxylic acids is 2. The van der Waals surface area contributed by atoms with Crippen LogP contribution in [-0.4, -0.2) is 25.6 Å². The molecule has 0 saturated carbocycles. The summed E-state index contributed by atoms with van der Waals surface area (Å²) in [6.45, 7) is 0.556. The van der Waals surface area contributed by atoms with Crippen molar-refractivity contribution in [2.75, 3.05) is 13.7 Å². The fraction of sp³-hybridized carbons (Fsp3) is 0.250. The van der Waals surface area contributed by atoms with Gasteiger partial charge in [0.2, 0.25) is 5.91 Å². The van der Waals surface area contributed by atoms with Crippen molar-refractivity contribution in [1.29, 1.82) is 0 Å². The van der Waals surface area contributed by atoms with Crippen LogP contribution in [0, 0.1) is 0 Å². The van der Waals surface area contributed by atoms with Crippen LogP contribution in [0.5, 0.6) is 5.75 Å². The molecule has 0 bridgehead atoms. The number of benzene rings is 1. The molecule has 1 heterocycles. The summed E-state index contributed by atoms with van der Waals surface area (Å²) in [5.41, 5.74) is 0.934. The van der Waals surface area contributed by atoms with Crippen molar-refractivity contribution in [2.45, 2.75) is 13.1 Å². The summed E-state index contributed by atoms with van der Waals surface area (Å²) in [6, 6.07) is 10.4. The molecule has 0 saturated heterocycles. The minimum atomic E-state index is -0.408. The molecule has 3 amide bonds. The van der Waals surface area contributed by atoms with Gasteiger partial charge in [0, 0.05) is 6.54 Å². The molecule has 23 heavy (non-hydrogen) atoms. The van der Waals surface area contributed by atoms with E-state index in [2.05, 4.69) is 16.0 Å². The second-order valence-corrected chi connectivity index (χ2v) is 4.74. The zero-order valence-corrected chi connectivity index (χ0v) is 12.8. The number of ether oxygens (including phenoxy) is 1. The van der Waals surface area contributed by atoms with Crippen LogP contribution in [0.4, 0.5) is 4.79 Å². The maximum atomic E-state index is 11.6. The van der Waals surface area contributed by atoms with Crippen molar-refractivity contribution in [3.8, 4) is 5.75 Å². The van der Waals surface area contributed by atoms with Crippen LogP contribution < -0.4 is 20.7 Å². The van der Waals surface area contributed by atoms with Gasteiger partial charge >= 0.3 is 6.03 Å². The van der Waals surface area contributed by atoms with E-state index in [0.717, 1.165) is 11.3 Å². The Bertz CT molecular complexity index is 623. The van der Waals surface area contributed by atoms with Gasteiger partial charge in [-0.25, -0.2) is 4.79 Å². The lowest BCUT2D eigenvalue weighted by molar-refractivity contribution is -0.120. The Hall–Kier alpha value is -2.96. The third-order valence-electron chi connectivity index (χ3n) is 3.06. The quantitative estimate of drug-likeness (QED) is 0.720. The molecule has 1 aromatic heterocycles. The molecule has 3 N–H and O–H groups in total. The number of amides is 3. The van der Waals surface area contributed by atoms with Gasteiger partial charge in [-0.1, -0.05) is 12.1 Å². The van der Waals surface area contributed by atoms with Gasteiger partial charge in [-0.05, 0) is 29.8 Å². The van der Waals surface area contributed by atoms with Gasteiger partial charge in [-0.15, -0.1) is 0 Å². The lowest BCUT2D eigenvalue weighted by Gasteiger charge is -2.08. The normalized spacial score (nSPS) is 9.96. The van der Waals surface area contributed by atoms with E-state index in [1.54, 1.807) is 19.2 Å². The van der Waals surface area contributed by atoms with E-state index in [9.17, 15) is 9.59 Å². The first kappa shape index (κ1) is 16.4. The van der Waals surface area contributed by atoms with Crippen LogP contribution in [-0.2, 0) is 17.9 Å². The molecule has 7 heteroatoms. The van der Waals surface area contributed by atoms with Crippen molar-refractivity contribution >= 4 is 11.9 Å². The van der Waals surface area contributed by atoms with E-state index in [-0.39, 0.29) is 12.5 Å². The summed E-state index contributed by atoms with van der Waals surface area (Å²) in [7, 11) is 1.59. The topological polar surface area (TPSA) is 92.6 Å². The van der Waals surface area contributed by atoms with E-state index in [4.69, 9.17) is 9.15 Å². The number of rotatable bonds is 7. The number of urea groups is 1. The van der Waals surface area contributed by atoms with E-state index in [1.165, 1.54) is 6.26 Å². The zero-order chi connectivity index (χ0) is 16.5. The first-order valence-electron chi connectivity index (χ1n) is 7.11. The predicted molar refractivity (Wildman–Crippen MR) is 83.8 cm³/mol.